The lowest BCUT2D eigenvalue weighted by Gasteiger charge is -2.27. The smallest absolute Gasteiger partial charge is 0.258 e. The SMILES string of the molecule is COc1ccc2c(c1)C(CC(=O)N(CC1CC1)S(C)(=O)=O)C(C)N2C(=O)c1ccc(Cl)cc1. The van der Waals surface area contributed by atoms with Gasteiger partial charge in [0.1, 0.15) is 5.75 Å². The van der Waals surface area contributed by atoms with Gasteiger partial charge in [0.05, 0.1) is 13.4 Å². The number of benzene rings is 2. The van der Waals surface area contributed by atoms with Crippen LogP contribution in [0.15, 0.2) is 42.5 Å². The minimum atomic E-state index is -3.68. The second-order valence-electron chi connectivity index (χ2n) is 8.79. The normalized spacial score (nSPS) is 19.8. The van der Waals surface area contributed by atoms with Gasteiger partial charge in [-0.2, -0.15) is 0 Å². The third-order valence-corrected chi connectivity index (χ3v) is 7.79. The van der Waals surface area contributed by atoms with E-state index in [1.165, 1.54) is 0 Å². The zero-order valence-electron chi connectivity index (χ0n) is 18.8. The van der Waals surface area contributed by atoms with E-state index >= 15 is 0 Å². The summed E-state index contributed by atoms with van der Waals surface area (Å²) in [5, 5.41) is 0.533. The second kappa shape index (κ2) is 8.99. The number of methoxy groups -OCH3 is 1. The van der Waals surface area contributed by atoms with Crippen LogP contribution in [0.4, 0.5) is 5.69 Å². The molecule has 4 rings (SSSR count). The summed E-state index contributed by atoms with van der Waals surface area (Å²) < 4.78 is 31.0. The van der Waals surface area contributed by atoms with Gasteiger partial charge in [0, 0.05) is 41.2 Å². The molecule has 9 heteroatoms. The number of fused-ring (bicyclic) bond motifs is 1. The van der Waals surface area contributed by atoms with Gasteiger partial charge in [-0.15, -0.1) is 0 Å². The first kappa shape index (κ1) is 23.6. The minimum Gasteiger partial charge on any atom is -0.497 e. The molecule has 1 saturated carbocycles. The number of hydrogen-bond acceptors (Lipinski definition) is 5. The summed E-state index contributed by atoms with van der Waals surface area (Å²) in [6.45, 7) is 2.10. The van der Waals surface area contributed by atoms with Crippen molar-refractivity contribution in [3.8, 4) is 5.75 Å². The van der Waals surface area contributed by atoms with Crippen molar-refractivity contribution in [2.24, 2.45) is 5.92 Å². The lowest BCUT2D eigenvalue weighted by atomic mass is 9.92. The molecule has 0 N–H and O–H groups in total. The fourth-order valence-corrected chi connectivity index (χ4v) is 5.44. The van der Waals surface area contributed by atoms with Crippen molar-refractivity contribution >= 4 is 39.1 Å². The summed E-state index contributed by atoms with van der Waals surface area (Å²) in [5.41, 5.74) is 1.96. The Balaban J connectivity index is 1.67. The maximum Gasteiger partial charge on any atom is 0.258 e. The summed E-state index contributed by atoms with van der Waals surface area (Å²) in [4.78, 5) is 28.3. The molecule has 0 radical (unpaired) electrons. The number of halogens is 1. The number of carbonyl (C=O) groups is 2. The van der Waals surface area contributed by atoms with Gasteiger partial charge in [-0.25, -0.2) is 12.7 Å². The van der Waals surface area contributed by atoms with Gasteiger partial charge in [-0.1, -0.05) is 11.6 Å². The molecule has 2 aromatic rings. The fourth-order valence-electron chi connectivity index (χ4n) is 4.39. The highest BCUT2D eigenvalue weighted by Crippen LogP contribution is 2.45. The van der Waals surface area contributed by atoms with Gasteiger partial charge >= 0.3 is 0 Å². The van der Waals surface area contributed by atoms with E-state index in [-0.39, 0.29) is 36.8 Å². The molecule has 2 unspecified atom stereocenters. The van der Waals surface area contributed by atoms with Gasteiger partial charge < -0.3 is 9.64 Å². The fraction of sp³-hybridized carbons (Fsp3) is 0.417. The van der Waals surface area contributed by atoms with Crippen molar-refractivity contribution in [2.45, 2.75) is 38.1 Å². The third kappa shape index (κ3) is 4.87. The van der Waals surface area contributed by atoms with Crippen LogP contribution in [0.25, 0.3) is 0 Å². The lowest BCUT2D eigenvalue weighted by molar-refractivity contribution is -0.127. The Morgan fingerprint density at radius 3 is 2.39 bits per heavy atom. The second-order valence-corrected chi connectivity index (χ2v) is 11.1. The Hall–Kier alpha value is -2.58. The standard InChI is InChI=1S/C24H27ClN2O5S/c1-15-20(13-23(28)26(33(3,30)31)14-16-4-5-16)21-12-19(32-2)10-11-22(21)27(15)24(29)17-6-8-18(25)9-7-17/h6-12,15-16,20H,4-5,13-14H2,1-3H3. The highest BCUT2D eigenvalue weighted by molar-refractivity contribution is 7.88. The van der Waals surface area contributed by atoms with Crippen LogP contribution < -0.4 is 9.64 Å². The molecule has 0 spiro atoms. The lowest BCUT2D eigenvalue weighted by Crippen LogP contribution is -2.41. The van der Waals surface area contributed by atoms with Crippen LogP contribution >= 0.6 is 11.6 Å². The number of amides is 2. The molecule has 0 aromatic heterocycles. The van der Waals surface area contributed by atoms with E-state index < -0.39 is 15.9 Å². The molecule has 176 valence electrons. The molecular formula is C24H27ClN2O5S. The van der Waals surface area contributed by atoms with Crippen molar-refractivity contribution < 1.29 is 22.7 Å². The first-order chi connectivity index (χ1) is 15.6. The molecule has 7 nitrogen and oxygen atoms in total. The Labute approximate surface area is 199 Å². The van der Waals surface area contributed by atoms with Crippen molar-refractivity contribution in [3.63, 3.8) is 0 Å². The molecule has 2 aromatic carbocycles. The molecular weight excluding hydrogens is 464 g/mol. The average molecular weight is 491 g/mol. The van der Waals surface area contributed by atoms with Gasteiger partial charge in [-0.05, 0) is 73.7 Å². The number of sulfonamides is 1. The van der Waals surface area contributed by atoms with Gasteiger partial charge in [-0.3, -0.25) is 9.59 Å². The number of hydrogen-bond donors (Lipinski definition) is 0. The van der Waals surface area contributed by atoms with E-state index in [1.807, 2.05) is 19.1 Å². The van der Waals surface area contributed by atoms with Gasteiger partial charge in [0.25, 0.3) is 5.91 Å². The van der Waals surface area contributed by atoms with Crippen LogP contribution in [0.3, 0.4) is 0 Å². The summed E-state index contributed by atoms with van der Waals surface area (Å²) in [7, 11) is -2.13. The van der Waals surface area contributed by atoms with E-state index in [4.69, 9.17) is 16.3 Å². The monoisotopic (exact) mass is 490 g/mol. The summed E-state index contributed by atoms with van der Waals surface area (Å²) in [6.07, 6.45) is 2.91. The van der Waals surface area contributed by atoms with Crippen molar-refractivity contribution in [2.75, 3.05) is 24.8 Å². The number of rotatable bonds is 7. The quantitative estimate of drug-likeness (QED) is 0.584. The van der Waals surface area contributed by atoms with Crippen molar-refractivity contribution in [1.29, 1.82) is 0 Å². The zero-order chi connectivity index (χ0) is 23.9. The molecule has 33 heavy (non-hydrogen) atoms. The van der Waals surface area contributed by atoms with Crippen LogP contribution in [-0.2, 0) is 14.8 Å². The van der Waals surface area contributed by atoms with E-state index in [0.29, 0.717) is 22.0 Å². The molecule has 2 amide bonds. The number of anilines is 1. The molecule has 2 atom stereocenters. The molecule has 1 heterocycles. The summed E-state index contributed by atoms with van der Waals surface area (Å²) >= 11 is 5.98. The first-order valence-corrected chi connectivity index (χ1v) is 13.1. The maximum atomic E-state index is 13.4. The molecule has 1 fully saturated rings. The predicted octanol–water partition coefficient (Wildman–Crippen LogP) is 4.07. The van der Waals surface area contributed by atoms with Crippen LogP contribution in [0.2, 0.25) is 5.02 Å². The Kier molecular flexibility index (Phi) is 6.42. The number of nitrogens with zero attached hydrogens (tertiary/aromatic N) is 2. The Bertz CT molecular complexity index is 1180. The Morgan fingerprint density at radius 2 is 1.82 bits per heavy atom. The Morgan fingerprint density at radius 1 is 1.15 bits per heavy atom. The molecule has 1 aliphatic carbocycles. The topological polar surface area (TPSA) is 84.0 Å². The molecule has 0 saturated heterocycles. The average Bonchev–Trinajstić information content (AvgIpc) is 3.55. The van der Waals surface area contributed by atoms with Crippen LogP contribution in [0.1, 0.15) is 48.0 Å². The van der Waals surface area contributed by atoms with E-state index in [1.54, 1.807) is 42.3 Å². The third-order valence-electron chi connectivity index (χ3n) is 6.39. The highest BCUT2D eigenvalue weighted by atomic mass is 35.5. The summed E-state index contributed by atoms with van der Waals surface area (Å²) in [6, 6.07) is 11.7. The van der Waals surface area contributed by atoms with E-state index in [0.717, 1.165) is 29.0 Å². The summed E-state index contributed by atoms with van der Waals surface area (Å²) in [5.74, 6) is -0.186. The van der Waals surface area contributed by atoms with E-state index in [2.05, 4.69) is 0 Å². The largest absolute Gasteiger partial charge is 0.497 e. The van der Waals surface area contributed by atoms with Crippen LogP contribution in [0.5, 0.6) is 5.75 Å². The maximum absolute atomic E-state index is 13.4. The van der Waals surface area contributed by atoms with Crippen molar-refractivity contribution in [1.82, 2.24) is 4.31 Å². The predicted molar refractivity (Wildman–Crippen MR) is 127 cm³/mol. The first-order valence-electron chi connectivity index (χ1n) is 10.9. The molecule has 2 aliphatic rings. The van der Waals surface area contributed by atoms with Crippen LogP contribution in [-0.4, -0.2) is 50.5 Å². The van der Waals surface area contributed by atoms with Gasteiger partial charge in [0.15, 0.2) is 0 Å². The number of carbonyl (C=O) groups excluding carboxylic acids is 2. The molecule has 1 aliphatic heterocycles. The molecule has 0 bridgehead atoms. The number of ether oxygens (including phenoxy) is 1. The highest BCUT2D eigenvalue weighted by Gasteiger charge is 2.42. The van der Waals surface area contributed by atoms with Crippen LogP contribution in [0, 0.1) is 5.92 Å². The zero-order valence-corrected chi connectivity index (χ0v) is 20.4. The van der Waals surface area contributed by atoms with E-state index in [9.17, 15) is 18.0 Å². The minimum absolute atomic E-state index is 0.0223. The van der Waals surface area contributed by atoms with Crippen molar-refractivity contribution in [3.05, 3.63) is 58.6 Å². The van der Waals surface area contributed by atoms with Gasteiger partial charge in [0.2, 0.25) is 15.9 Å².